The summed E-state index contributed by atoms with van der Waals surface area (Å²) in [7, 11) is 0. The molecule has 3 aliphatic rings. The predicted octanol–water partition coefficient (Wildman–Crippen LogP) is 1.32. The van der Waals surface area contributed by atoms with Crippen LogP contribution in [0, 0.1) is 12.3 Å². The fraction of sp³-hybridized carbons (Fsp3) is 0.812. The van der Waals surface area contributed by atoms with Crippen LogP contribution < -0.4 is 5.32 Å². The van der Waals surface area contributed by atoms with Crippen LogP contribution in [0.25, 0.3) is 0 Å². The highest BCUT2D eigenvalue weighted by Crippen LogP contribution is 2.37. The molecular weight excluding hydrogens is 280 g/mol. The van der Waals surface area contributed by atoms with Gasteiger partial charge in [0.05, 0.1) is 12.2 Å². The van der Waals surface area contributed by atoms with Gasteiger partial charge in [0.1, 0.15) is 0 Å². The van der Waals surface area contributed by atoms with Crippen LogP contribution in [0.2, 0.25) is 0 Å². The Labute approximate surface area is 131 Å². The lowest BCUT2D eigenvalue weighted by molar-refractivity contribution is -0.121. The summed E-state index contributed by atoms with van der Waals surface area (Å²) in [6, 6.07) is 0. The van der Waals surface area contributed by atoms with Gasteiger partial charge >= 0.3 is 0 Å². The molecule has 6 nitrogen and oxygen atoms in total. The molecule has 0 aromatic heterocycles. The molecule has 6 heteroatoms. The standard InChI is InChI=1S/C16H24N4O2/c1-2-3-7-16(18-19-16)8-6-15(21)17-9-10-20-11-13-4-5-14(12-20)22-13/h1,13-14H,3-12H2,(H,17,21). The minimum atomic E-state index is -0.354. The van der Waals surface area contributed by atoms with Crippen LogP contribution in [-0.2, 0) is 9.53 Å². The number of terminal acetylenes is 1. The van der Waals surface area contributed by atoms with E-state index in [-0.39, 0.29) is 11.6 Å². The van der Waals surface area contributed by atoms with Gasteiger partial charge in [-0.2, -0.15) is 10.2 Å². The highest BCUT2D eigenvalue weighted by Gasteiger charge is 2.39. The Morgan fingerprint density at radius 3 is 2.68 bits per heavy atom. The first-order valence-electron chi connectivity index (χ1n) is 8.21. The lowest BCUT2D eigenvalue weighted by atomic mass is 10.0. The van der Waals surface area contributed by atoms with E-state index in [2.05, 4.69) is 26.4 Å². The molecule has 2 atom stereocenters. The van der Waals surface area contributed by atoms with E-state index in [9.17, 15) is 4.79 Å². The van der Waals surface area contributed by atoms with Crippen molar-refractivity contribution >= 4 is 5.91 Å². The predicted molar refractivity (Wildman–Crippen MR) is 82.2 cm³/mol. The summed E-state index contributed by atoms with van der Waals surface area (Å²) in [5.41, 5.74) is -0.354. The van der Waals surface area contributed by atoms with Crippen LogP contribution in [-0.4, -0.2) is 54.9 Å². The Bertz CT molecular complexity index is 467. The summed E-state index contributed by atoms with van der Waals surface area (Å²) in [6.07, 6.45) is 11.0. The van der Waals surface area contributed by atoms with Gasteiger partial charge in [0.15, 0.2) is 5.66 Å². The van der Waals surface area contributed by atoms with Crippen LogP contribution in [0.5, 0.6) is 0 Å². The van der Waals surface area contributed by atoms with E-state index in [1.165, 1.54) is 12.8 Å². The fourth-order valence-electron chi connectivity index (χ4n) is 3.31. The van der Waals surface area contributed by atoms with Gasteiger partial charge < -0.3 is 10.1 Å². The van der Waals surface area contributed by atoms with Crippen molar-refractivity contribution in [2.24, 2.45) is 10.2 Å². The summed E-state index contributed by atoms with van der Waals surface area (Å²) in [4.78, 5) is 14.3. The van der Waals surface area contributed by atoms with E-state index in [0.717, 1.165) is 26.1 Å². The highest BCUT2D eigenvalue weighted by atomic mass is 16.5. The molecule has 0 aromatic carbocycles. The van der Waals surface area contributed by atoms with Crippen LogP contribution in [0.15, 0.2) is 10.2 Å². The van der Waals surface area contributed by atoms with Crippen molar-refractivity contribution in [1.82, 2.24) is 10.2 Å². The fourth-order valence-corrected chi connectivity index (χ4v) is 3.31. The van der Waals surface area contributed by atoms with Crippen LogP contribution in [0.4, 0.5) is 0 Å². The first-order valence-corrected chi connectivity index (χ1v) is 8.21. The van der Waals surface area contributed by atoms with Gasteiger partial charge in [-0.15, -0.1) is 12.3 Å². The number of carbonyl (C=O) groups is 1. The zero-order chi connectivity index (χ0) is 15.4. The van der Waals surface area contributed by atoms with E-state index in [0.29, 0.717) is 38.0 Å². The summed E-state index contributed by atoms with van der Waals surface area (Å²) in [5, 5.41) is 11.1. The normalized spacial score (nSPS) is 28.3. The highest BCUT2D eigenvalue weighted by molar-refractivity contribution is 5.75. The molecule has 2 fully saturated rings. The third-order valence-electron chi connectivity index (χ3n) is 4.67. The Balaban J connectivity index is 1.28. The Morgan fingerprint density at radius 1 is 1.32 bits per heavy atom. The van der Waals surface area contributed by atoms with Gasteiger partial charge in [0, 0.05) is 51.9 Å². The Hall–Kier alpha value is -1.45. The second-order valence-electron chi connectivity index (χ2n) is 6.45. The molecule has 0 aromatic rings. The molecular formula is C16H24N4O2. The van der Waals surface area contributed by atoms with E-state index in [4.69, 9.17) is 11.2 Å². The number of amides is 1. The largest absolute Gasteiger partial charge is 0.372 e. The van der Waals surface area contributed by atoms with Gasteiger partial charge in [0.25, 0.3) is 0 Å². The molecule has 0 saturated carbocycles. The number of hydrogen-bond acceptors (Lipinski definition) is 5. The van der Waals surface area contributed by atoms with E-state index < -0.39 is 0 Å². The van der Waals surface area contributed by atoms with Crippen LogP contribution in [0.3, 0.4) is 0 Å². The van der Waals surface area contributed by atoms with Crippen molar-refractivity contribution in [3.63, 3.8) is 0 Å². The molecule has 0 aliphatic carbocycles. The van der Waals surface area contributed by atoms with Gasteiger partial charge in [-0.05, 0) is 12.8 Å². The average molecular weight is 304 g/mol. The Kier molecular flexibility index (Phi) is 4.74. The number of fused-ring (bicyclic) bond motifs is 2. The number of nitrogens with one attached hydrogen (secondary N) is 1. The number of rotatable bonds is 8. The van der Waals surface area contributed by atoms with Crippen molar-refractivity contribution in [3.8, 4) is 12.3 Å². The first kappa shape index (κ1) is 15.4. The number of carbonyl (C=O) groups excluding carboxylic acids is 1. The minimum absolute atomic E-state index is 0.0774. The second kappa shape index (κ2) is 6.76. The molecule has 22 heavy (non-hydrogen) atoms. The molecule has 3 heterocycles. The number of nitrogens with zero attached hydrogens (tertiary/aromatic N) is 3. The molecule has 0 radical (unpaired) electrons. The maximum atomic E-state index is 11.9. The average Bonchev–Trinajstić information content (AvgIpc) is 3.22. The van der Waals surface area contributed by atoms with Crippen molar-refractivity contribution in [2.75, 3.05) is 26.2 Å². The molecule has 120 valence electrons. The number of likely N-dealkylation sites (tertiary alicyclic amines) is 1. The van der Waals surface area contributed by atoms with Crippen LogP contribution in [0.1, 0.15) is 38.5 Å². The van der Waals surface area contributed by atoms with E-state index in [1.54, 1.807) is 0 Å². The zero-order valence-corrected chi connectivity index (χ0v) is 13.0. The molecule has 0 spiro atoms. The zero-order valence-electron chi connectivity index (χ0n) is 13.0. The van der Waals surface area contributed by atoms with Gasteiger partial charge in [-0.1, -0.05) is 0 Å². The monoisotopic (exact) mass is 304 g/mol. The summed E-state index contributed by atoms with van der Waals surface area (Å²) >= 11 is 0. The maximum Gasteiger partial charge on any atom is 0.220 e. The Morgan fingerprint density at radius 2 is 2.05 bits per heavy atom. The molecule has 3 rings (SSSR count). The summed E-state index contributed by atoms with van der Waals surface area (Å²) in [5.74, 6) is 2.68. The van der Waals surface area contributed by atoms with Gasteiger partial charge in [0.2, 0.25) is 5.91 Å². The third-order valence-corrected chi connectivity index (χ3v) is 4.67. The quantitative estimate of drug-likeness (QED) is 0.688. The number of ether oxygens (including phenoxy) is 1. The number of hydrogen-bond donors (Lipinski definition) is 1. The van der Waals surface area contributed by atoms with Crippen molar-refractivity contribution < 1.29 is 9.53 Å². The minimum Gasteiger partial charge on any atom is -0.372 e. The molecule has 1 N–H and O–H groups in total. The molecule has 1 amide bonds. The van der Waals surface area contributed by atoms with E-state index in [1.807, 2.05) is 0 Å². The molecule has 3 aliphatic heterocycles. The van der Waals surface area contributed by atoms with E-state index >= 15 is 0 Å². The van der Waals surface area contributed by atoms with Gasteiger partial charge in [-0.25, -0.2) is 0 Å². The second-order valence-corrected chi connectivity index (χ2v) is 6.45. The lowest BCUT2D eigenvalue weighted by Gasteiger charge is -2.31. The molecule has 2 unspecified atom stereocenters. The topological polar surface area (TPSA) is 66.3 Å². The smallest absolute Gasteiger partial charge is 0.220 e. The summed E-state index contributed by atoms with van der Waals surface area (Å²) in [6.45, 7) is 3.60. The van der Waals surface area contributed by atoms with Crippen molar-refractivity contribution in [2.45, 2.75) is 56.4 Å². The lowest BCUT2D eigenvalue weighted by Crippen LogP contribution is -2.45. The SMILES string of the molecule is C#CCCC1(CCC(=O)NCCN2CC3CCC(C2)O3)N=N1. The van der Waals surface area contributed by atoms with Gasteiger partial charge in [-0.3, -0.25) is 9.69 Å². The molecule has 2 saturated heterocycles. The third kappa shape index (κ3) is 4.05. The number of morpholine rings is 1. The van der Waals surface area contributed by atoms with Crippen molar-refractivity contribution in [1.29, 1.82) is 0 Å². The summed E-state index contributed by atoms with van der Waals surface area (Å²) < 4.78 is 5.81. The van der Waals surface area contributed by atoms with Crippen molar-refractivity contribution in [3.05, 3.63) is 0 Å². The first-order chi connectivity index (χ1) is 10.7. The van der Waals surface area contributed by atoms with Crippen LogP contribution >= 0.6 is 0 Å². The maximum absolute atomic E-state index is 11.9. The molecule has 2 bridgehead atoms.